The van der Waals surface area contributed by atoms with Crippen LogP contribution in [0.5, 0.6) is 0 Å². The highest BCUT2D eigenvalue weighted by Crippen LogP contribution is 2.15. The van der Waals surface area contributed by atoms with E-state index in [1.165, 1.54) is 7.85 Å². The predicted molar refractivity (Wildman–Crippen MR) is 98.3 cm³/mol. The summed E-state index contributed by atoms with van der Waals surface area (Å²) in [4.78, 5) is 103. The molecule has 0 bridgehead atoms. The van der Waals surface area contributed by atoms with Crippen molar-refractivity contribution in [3.05, 3.63) is 0 Å². The molecule has 0 aliphatic carbocycles. The van der Waals surface area contributed by atoms with E-state index in [9.17, 15) is 38.4 Å². The Balaban J connectivity index is 3.07. The first-order valence-electron chi connectivity index (χ1n) is 8.40. The van der Waals surface area contributed by atoms with Crippen molar-refractivity contribution in [3.63, 3.8) is 0 Å². The average molecular weight is 491 g/mol. The molecule has 30 heavy (non-hydrogen) atoms. The number of alkyl halides is 1. The van der Waals surface area contributed by atoms with Crippen LogP contribution in [0.1, 0.15) is 25.7 Å². The fourth-order valence-corrected chi connectivity index (χ4v) is 2.19. The predicted octanol–water partition coefficient (Wildman–Crippen LogP) is -1.65. The third-order valence-corrected chi connectivity index (χ3v) is 3.83. The normalized spacial score (nSPS) is 12.8. The van der Waals surface area contributed by atoms with Crippen LogP contribution in [0, 0.1) is 0 Å². The van der Waals surface area contributed by atoms with Gasteiger partial charge < -0.3 is 14.5 Å². The molecule has 1 fully saturated rings. The van der Waals surface area contributed by atoms with Gasteiger partial charge in [0.2, 0.25) is 5.91 Å². The summed E-state index contributed by atoms with van der Waals surface area (Å²) in [7, 11) is 1.29. The van der Waals surface area contributed by atoms with Crippen LogP contribution in [-0.2, 0) is 38.4 Å². The largest absolute Gasteiger partial charge is 0.461 e. The van der Waals surface area contributed by atoms with Gasteiger partial charge in [0.1, 0.15) is 14.1 Å². The molecule has 162 valence electrons. The first-order chi connectivity index (χ1) is 14.2. The Morgan fingerprint density at radius 2 is 1.63 bits per heavy atom. The molecule has 7 amide bonds. The minimum atomic E-state index is -1.71. The third-order valence-electron chi connectivity index (χ3n) is 3.35. The van der Waals surface area contributed by atoms with E-state index < -0.39 is 53.4 Å². The second-order valence-corrected chi connectivity index (χ2v) is 6.00. The van der Waals surface area contributed by atoms with E-state index in [1.807, 2.05) is 0 Å². The molecule has 1 aliphatic rings. The maximum absolute atomic E-state index is 12.4. The highest BCUT2D eigenvalue weighted by atomic mass is 79.9. The lowest BCUT2D eigenvalue weighted by atomic mass is 10.1. The lowest BCUT2D eigenvalue weighted by Crippen LogP contribution is -2.58. The summed E-state index contributed by atoms with van der Waals surface area (Å²) in [6.45, 7) is 0. The number of carbonyl (C=O) groups excluding carboxylic acids is 8. The molecule has 16 heteroatoms. The summed E-state index contributed by atoms with van der Waals surface area (Å²) in [5.74, 6) is -4.93. The molecule has 1 N–H and O–H groups in total. The molecule has 1 aliphatic heterocycles. The van der Waals surface area contributed by atoms with Crippen molar-refractivity contribution in [3.8, 4) is 0 Å². The fraction of sp³-hybridized carbons (Fsp3) is 0.429. The number of hydroxylamine groups is 3. The lowest BCUT2D eigenvalue weighted by molar-refractivity contribution is -0.180. The summed E-state index contributed by atoms with van der Waals surface area (Å²) in [5.41, 5.74) is 1.65. The van der Waals surface area contributed by atoms with Crippen molar-refractivity contribution in [1.82, 2.24) is 20.6 Å². The molecule has 1 heterocycles. The Labute approximate surface area is 178 Å². The van der Waals surface area contributed by atoms with Gasteiger partial charge in [-0.05, 0) is 6.32 Å². The van der Waals surface area contributed by atoms with E-state index in [2.05, 4.69) is 25.6 Å². The minimum absolute atomic E-state index is 0.0586. The molecule has 0 saturated carbocycles. The summed E-state index contributed by atoms with van der Waals surface area (Å²) in [5, 5.41) is -0.606. The van der Waals surface area contributed by atoms with Gasteiger partial charge in [-0.3, -0.25) is 24.0 Å². The van der Waals surface area contributed by atoms with Crippen molar-refractivity contribution >= 4 is 71.8 Å². The van der Waals surface area contributed by atoms with Crippen molar-refractivity contribution < 1.29 is 48.0 Å². The zero-order chi connectivity index (χ0) is 22.8. The number of nitrogens with one attached hydrogen (secondary N) is 1. The minimum Gasteiger partial charge on any atom is -0.320 e. The molecular formula is C14H16BBrN4O10. The molecule has 0 aromatic rings. The number of nitrogens with zero attached hydrogens (tertiary/aromatic N) is 3. The number of hydrazine groups is 1. The van der Waals surface area contributed by atoms with Crippen LogP contribution in [0.2, 0.25) is 6.32 Å². The number of rotatable bonds is 6. The van der Waals surface area contributed by atoms with Crippen LogP contribution in [-0.4, -0.2) is 76.3 Å². The Morgan fingerprint density at radius 1 is 1.07 bits per heavy atom. The van der Waals surface area contributed by atoms with Crippen LogP contribution >= 0.6 is 15.9 Å². The van der Waals surface area contributed by atoms with Crippen molar-refractivity contribution in [2.75, 3.05) is 5.33 Å². The lowest BCUT2D eigenvalue weighted by Gasteiger charge is -2.29. The van der Waals surface area contributed by atoms with Crippen molar-refractivity contribution in [2.24, 2.45) is 0 Å². The van der Waals surface area contributed by atoms with Gasteiger partial charge in [0.05, 0.1) is 5.33 Å². The highest BCUT2D eigenvalue weighted by molar-refractivity contribution is 9.09. The molecular weight excluding hydrogens is 475 g/mol. The standard InChI is InChI=1S/C14H16BBrN4O10/c15-6-11(25)18(13(27)29-17-8(22)2-1-5-21)19(12(26)7-16)14(28)30-20-9(23)3-4-10(20)24/h5H,1-4,6-7,15H2,(H,17,22). The molecule has 1 saturated heterocycles. The van der Waals surface area contributed by atoms with Gasteiger partial charge in [-0.15, -0.1) is 15.1 Å². The molecule has 1 rings (SSSR count). The maximum atomic E-state index is 12.4. The highest BCUT2D eigenvalue weighted by Gasteiger charge is 2.42. The van der Waals surface area contributed by atoms with Gasteiger partial charge in [-0.25, -0.2) is 9.59 Å². The molecule has 0 aromatic heterocycles. The van der Waals surface area contributed by atoms with Gasteiger partial charge in [0.15, 0.2) is 0 Å². The number of carbonyl (C=O) groups is 8. The van der Waals surface area contributed by atoms with Crippen LogP contribution in [0.3, 0.4) is 0 Å². The average Bonchev–Trinajstić information content (AvgIpc) is 3.04. The van der Waals surface area contributed by atoms with E-state index in [1.54, 1.807) is 5.48 Å². The van der Waals surface area contributed by atoms with Crippen LogP contribution in [0.25, 0.3) is 0 Å². The second-order valence-electron chi connectivity index (χ2n) is 5.44. The molecule has 0 radical (unpaired) electrons. The van der Waals surface area contributed by atoms with E-state index in [4.69, 9.17) is 0 Å². The van der Waals surface area contributed by atoms with E-state index in [0.717, 1.165) is 0 Å². The first kappa shape index (κ1) is 24.7. The topological polar surface area (TPSA) is 177 Å². The van der Waals surface area contributed by atoms with Crippen LogP contribution in [0.15, 0.2) is 0 Å². The summed E-state index contributed by atoms with van der Waals surface area (Å²) < 4.78 is 0. The van der Waals surface area contributed by atoms with E-state index in [-0.39, 0.29) is 40.8 Å². The van der Waals surface area contributed by atoms with E-state index in [0.29, 0.717) is 6.29 Å². The molecule has 14 nitrogen and oxygen atoms in total. The zero-order valence-corrected chi connectivity index (χ0v) is 17.2. The molecule has 0 atom stereocenters. The maximum Gasteiger partial charge on any atom is 0.461 e. The van der Waals surface area contributed by atoms with Gasteiger partial charge in [0, 0.05) is 25.7 Å². The second kappa shape index (κ2) is 11.6. The quantitative estimate of drug-likeness (QED) is 0.149. The number of hydrogen-bond acceptors (Lipinski definition) is 10. The van der Waals surface area contributed by atoms with Gasteiger partial charge in [-0.2, -0.15) is 5.48 Å². The molecule has 0 spiro atoms. The summed E-state index contributed by atoms with van der Waals surface area (Å²) in [6.07, 6.45) is -4.28. The van der Waals surface area contributed by atoms with Gasteiger partial charge in [0.25, 0.3) is 23.6 Å². The monoisotopic (exact) mass is 490 g/mol. The molecule has 0 unspecified atom stereocenters. The third kappa shape index (κ3) is 6.36. The van der Waals surface area contributed by atoms with Crippen molar-refractivity contribution in [2.45, 2.75) is 32.0 Å². The smallest absolute Gasteiger partial charge is 0.320 e. The SMILES string of the molecule is BCC(=O)N(C(=O)ONC(=O)CCC=O)N(C(=O)CBr)C(=O)ON1C(=O)CCC1=O. The van der Waals surface area contributed by atoms with Crippen LogP contribution < -0.4 is 5.48 Å². The zero-order valence-electron chi connectivity index (χ0n) is 15.6. The number of amides is 7. The number of imide groups is 3. The Kier molecular flexibility index (Phi) is 9.60. The van der Waals surface area contributed by atoms with E-state index >= 15 is 0 Å². The summed E-state index contributed by atoms with van der Waals surface area (Å²) >= 11 is 2.76. The van der Waals surface area contributed by atoms with Crippen molar-refractivity contribution in [1.29, 1.82) is 0 Å². The first-order valence-corrected chi connectivity index (χ1v) is 9.52. The van der Waals surface area contributed by atoms with Gasteiger partial charge >= 0.3 is 12.2 Å². The number of hydrogen-bond donors (Lipinski definition) is 1. The Morgan fingerprint density at radius 3 is 2.13 bits per heavy atom. The van der Waals surface area contributed by atoms with Crippen LogP contribution in [0.4, 0.5) is 9.59 Å². The van der Waals surface area contributed by atoms with Gasteiger partial charge in [-0.1, -0.05) is 15.9 Å². The Hall–Kier alpha value is -3.30. The number of aldehydes is 1. The number of halogens is 1. The Bertz CT molecular complexity index is 760. The fourth-order valence-electron chi connectivity index (χ4n) is 1.96. The molecule has 0 aromatic carbocycles. The summed E-state index contributed by atoms with van der Waals surface area (Å²) in [6, 6.07) is 0.